The van der Waals surface area contributed by atoms with Gasteiger partial charge in [0.15, 0.2) is 0 Å². The first-order valence-electron chi connectivity index (χ1n) is 6.24. The van der Waals surface area contributed by atoms with Crippen molar-refractivity contribution in [3.63, 3.8) is 0 Å². The Morgan fingerprint density at radius 3 is 2.00 bits per heavy atom. The molecule has 0 spiro atoms. The van der Waals surface area contributed by atoms with Gasteiger partial charge < -0.3 is 9.64 Å². The van der Waals surface area contributed by atoms with Crippen molar-refractivity contribution in [2.45, 2.75) is 47.1 Å². The summed E-state index contributed by atoms with van der Waals surface area (Å²) in [6.45, 7) is 14.6. The molecular weight excluding hydrogens is 186 g/mol. The molecule has 0 bridgehead atoms. The van der Waals surface area contributed by atoms with Gasteiger partial charge in [-0.15, -0.1) is 0 Å². The Hall–Kier alpha value is -0.0800. The Balaban J connectivity index is 4.12. The van der Waals surface area contributed by atoms with Gasteiger partial charge in [0, 0.05) is 26.2 Å². The third-order valence-corrected chi connectivity index (χ3v) is 2.80. The average molecular weight is 215 g/mol. The predicted octanol–water partition coefficient (Wildman–Crippen LogP) is 3.03. The molecule has 2 nitrogen and oxygen atoms in total. The Morgan fingerprint density at radius 2 is 1.67 bits per heavy atom. The molecule has 0 aromatic heterocycles. The number of rotatable bonds is 8. The van der Waals surface area contributed by atoms with Crippen LogP contribution in [0, 0.1) is 11.8 Å². The summed E-state index contributed by atoms with van der Waals surface area (Å²) in [5, 5.41) is 0. The second kappa shape index (κ2) is 8.12. The molecule has 1 atom stereocenters. The van der Waals surface area contributed by atoms with Gasteiger partial charge in [0.05, 0.1) is 6.61 Å². The molecule has 2 heteroatoms. The maximum absolute atomic E-state index is 5.25. The molecule has 0 rings (SSSR count). The standard InChI is InChI=1S/C13H29NO/c1-7-13(10-15-6)9-14(12(4)5)8-11(2)3/h11-13H,7-10H2,1-6H3. The minimum Gasteiger partial charge on any atom is -0.384 e. The molecule has 0 aromatic rings. The molecule has 0 fully saturated rings. The lowest BCUT2D eigenvalue weighted by Gasteiger charge is -2.31. The minimum atomic E-state index is 0.637. The SMILES string of the molecule is CCC(COC)CN(CC(C)C)C(C)C. The molecule has 0 radical (unpaired) electrons. The number of hydrogen-bond donors (Lipinski definition) is 0. The summed E-state index contributed by atoms with van der Waals surface area (Å²) in [7, 11) is 1.80. The van der Waals surface area contributed by atoms with Crippen LogP contribution in [0.4, 0.5) is 0 Å². The molecule has 0 amide bonds. The van der Waals surface area contributed by atoms with Crippen LogP contribution in [-0.2, 0) is 4.74 Å². The van der Waals surface area contributed by atoms with Crippen molar-refractivity contribution in [2.24, 2.45) is 11.8 Å². The van der Waals surface area contributed by atoms with Gasteiger partial charge in [0.25, 0.3) is 0 Å². The van der Waals surface area contributed by atoms with E-state index in [-0.39, 0.29) is 0 Å². The van der Waals surface area contributed by atoms with E-state index < -0.39 is 0 Å². The van der Waals surface area contributed by atoms with Gasteiger partial charge in [-0.3, -0.25) is 0 Å². The third-order valence-electron chi connectivity index (χ3n) is 2.80. The van der Waals surface area contributed by atoms with Gasteiger partial charge in [-0.25, -0.2) is 0 Å². The van der Waals surface area contributed by atoms with Crippen LogP contribution in [0.15, 0.2) is 0 Å². The fourth-order valence-electron chi connectivity index (χ4n) is 1.83. The van der Waals surface area contributed by atoms with Crippen LogP contribution in [0.3, 0.4) is 0 Å². The summed E-state index contributed by atoms with van der Waals surface area (Å²) >= 11 is 0. The minimum absolute atomic E-state index is 0.637. The number of hydrogen-bond acceptors (Lipinski definition) is 2. The number of methoxy groups -OCH3 is 1. The summed E-state index contributed by atoms with van der Waals surface area (Å²) < 4.78 is 5.25. The van der Waals surface area contributed by atoms with E-state index in [0.717, 1.165) is 12.5 Å². The summed E-state index contributed by atoms with van der Waals surface area (Å²) in [6, 6.07) is 0.637. The lowest BCUT2D eigenvalue weighted by Crippen LogP contribution is -2.38. The maximum Gasteiger partial charge on any atom is 0.0502 e. The van der Waals surface area contributed by atoms with Crippen molar-refractivity contribution in [2.75, 3.05) is 26.8 Å². The van der Waals surface area contributed by atoms with Crippen LogP contribution in [0.1, 0.15) is 41.0 Å². The zero-order valence-electron chi connectivity index (χ0n) is 11.4. The highest BCUT2D eigenvalue weighted by molar-refractivity contribution is 4.69. The number of ether oxygens (including phenoxy) is 1. The van der Waals surface area contributed by atoms with Gasteiger partial charge in [-0.05, 0) is 32.1 Å². The topological polar surface area (TPSA) is 12.5 Å². The quantitative estimate of drug-likeness (QED) is 0.617. The second-order valence-electron chi connectivity index (χ2n) is 5.17. The van der Waals surface area contributed by atoms with Crippen molar-refractivity contribution in [1.82, 2.24) is 4.90 Å². The van der Waals surface area contributed by atoms with Crippen LogP contribution in [0.25, 0.3) is 0 Å². The van der Waals surface area contributed by atoms with Crippen LogP contribution in [0.2, 0.25) is 0 Å². The zero-order chi connectivity index (χ0) is 11.8. The van der Waals surface area contributed by atoms with Crippen LogP contribution >= 0.6 is 0 Å². The molecule has 0 N–H and O–H groups in total. The Labute approximate surface area is 96.0 Å². The predicted molar refractivity (Wildman–Crippen MR) is 67.2 cm³/mol. The van der Waals surface area contributed by atoms with E-state index in [1.54, 1.807) is 7.11 Å². The highest BCUT2D eigenvalue weighted by Crippen LogP contribution is 2.11. The molecule has 0 saturated carbocycles. The van der Waals surface area contributed by atoms with Crippen molar-refractivity contribution in [3.8, 4) is 0 Å². The molecule has 0 aliphatic carbocycles. The largest absolute Gasteiger partial charge is 0.384 e. The van der Waals surface area contributed by atoms with Gasteiger partial charge in [0.2, 0.25) is 0 Å². The Kier molecular flexibility index (Phi) is 8.07. The van der Waals surface area contributed by atoms with Crippen molar-refractivity contribution < 1.29 is 4.74 Å². The van der Waals surface area contributed by atoms with Gasteiger partial charge in [-0.2, -0.15) is 0 Å². The molecule has 0 aromatic carbocycles. The molecule has 0 heterocycles. The van der Waals surface area contributed by atoms with E-state index >= 15 is 0 Å². The van der Waals surface area contributed by atoms with Crippen molar-refractivity contribution >= 4 is 0 Å². The first kappa shape index (κ1) is 14.9. The van der Waals surface area contributed by atoms with E-state index in [1.807, 2.05) is 0 Å². The second-order valence-corrected chi connectivity index (χ2v) is 5.17. The molecule has 0 saturated heterocycles. The van der Waals surface area contributed by atoms with Crippen LogP contribution in [0.5, 0.6) is 0 Å². The summed E-state index contributed by atoms with van der Waals surface area (Å²) in [5.41, 5.74) is 0. The van der Waals surface area contributed by atoms with Crippen molar-refractivity contribution in [1.29, 1.82) is 0 Å². The Morgan fingerprint density at radius 1 is 1.07 bits per heavy atom. The molecular formula is C13H29NO. The van der Waals surface area contributed by atoms with Gasteiger partial charge >= 0.3 is 0 Å². The zero-order valence-corrected chi connectivity index (χ0v) is 11.4. The Bertz CT molecular complexity index is 145. The van der Waals surface area contributed by atoms with Gasteiger partial charge in [0.1, 0.15) is 0 Å². The molecule has 15 heavy (non-hydrogen) atoms. The number of nitrogens with zero attached hydrogens (tertiary/aromatic N) is 1. The normalized spacial score (nSPS) is 14.2. The molecule has 0 aliphatic heterocycles. The summed E-state index contributed by atoms with van der Waals surface area (Å²) in [6.07, 6.45) is 1.20. The van der Waals surface area contributed by atoms with Crippen LogP contribution in [-0.4, -0.2) is 37.7 Å². The van der Waals surface area contributed by atoms with E-state index in [1.165, 1.54) is 19.5 Å². The maximum atomic E-state index is 5.25. The third kappa shape index (κ3) is 6.91. The fourth-order valence-corrected chi connectivity index (χ4v) is 1.83. The van der Waals surface area contributed by atoms with Crippen molar-refractivity contribution in [3.05, 3.63) is 0 Å². The van der Waals surface area contributed by atoms with E-state index in [0.29, 0.717) is 12.0 Å². The van der Waals surface area contributed by atoms with E-state index in [4.69, 9.17) is 4.74 Å². The van der Waals surface area contributed by atoms with Crippen LogP contribution < -0.4 is 0 Å². The first-order chi connectivity index (χ1) is 7.01. The summed E-state index contributed by atoms with van der Waals surface area (Å²) in [5.74, 6) is 1.42. The molecule has 1 unspecified atom stereocenters. The van der Waals surface area contributed by atoms with Gasteiger partial charge in [-0.1, -0.05) is 20.8 Å². The highest BCUT2D eigenvalue weighted by atomic mass is 16.5. The summed E-state index contributed by atoms with van der Waals surface area (Å²) in [4.78, 5) is 2.57. The lowest BCUT2D eigenvalue weighted by molar-refractivity contribution is 0.100. The fraction of sp³-hybridized carbons (Fsp3) is 1.00. The smallest absolute Gasteiger partial charge is 0.0502 e. The lowest BCUT2D eigenvalue weighted by atomic mass is 10.0. The molecule has 92 valence electrons. The highest BCUT2D eigenvalue weighted by Gasteiger charge is 2.16. The average Bonchev–Trinajstić information content (AvgIpc) is 2.14. The monoisotopic (exact) mass is 215 g/mol. The van der Waals surface area contributed by atoms with E-state index in [2.05, 4.69) is 39.5 Å². The van der Waals surface area contributed by atoms with E-state index in [9.17, 15) is 0 Å². The molecule has 0 aliphatic rings. The first-order valence-corrected chi connectivity index (χ1v) is 6.24.